The molecule has 0 atom stereocenters. The van der Waals surface area contributed by atoms with Gasteiger partial charge in [-0.05, 0) is 57.5 Å². The topological polar surface area (TPSA) is 54.2 Å². The zero-order valence-electron chi connectivity index (χ0n) is 10.9. The third-order valence-corrected chi connectivity index (χ3v) is 3.61. The van der Waals surface area contributed by atoms with Crippen molar-refractivity contribution in [1.82, 2.24) is 19.9 Å². The minimum Gasteiger partial charge on any atom is -0.348 e. The van der Waals surface area contributed by atoms with E-state index >= 15 is 0 Å². The molecule has 0 radical (unpaired) electrons. The first-order chi connectivity index (χ1) is 8.65. The third kappa shape index (κ3) is 2.18. The molecule has 0 aliphatic carbocycles. The van der Waals surface area contributed by atoms with Crippen molar-refractivity contribution in [3.8, 4) is 0 Å². The molecule has 0 amide bonds. The number of piperidine rings is 1. The number of nitrogens with zero attached hydrogens (tertiary/aromatic N) is 3. The predicted molar refractivity (Wildman–Crippen MR) is 71.9 cm³/mol. The van der Waals surface area contributed by atoms with E-state index in [1.165, 1.54) is 5.56 Å². The molecule has 18 heavy (non-hydrogen) atoms. The van der Waals surface area contributed by atoms with Gasteiger partial charge in [0.1, 0.15) is 0 Å². The molecule has 3 heterocycles. The van der Waals surface area contributed by atoms with Gasteiger partial charge in [-0.25, -0.2) is 4.52 Å². The fourth-order valence-electron chi connectivity index (χ4n) is 2.41. The lowest BCUT2D eigenvalue weighted by Crippen LogP contribution is -2.45. The molecule has 2 N–H and O–H groups in total. The van der Waals surface area contributed by atoms with Crippen LogP contribution in [-0.2, 0) is 0 Å². The molecule has 96 valence electrons. The highest BCUT2D eigenvalue weighted by molar-refractivity contribution is 5.46. The first-order valence-corrected chi connectivity index (χ1v) is 6.47. The Labute approximate surface area is 107 Å². The molecule has 2 aromatic rings. The molecular weight excluding hydrogens is 226 g/mol. The van der Waals surface area contributed by atoms with Crippen molar-refractivity contribution < 1.29 is 0 Å². The molecule has 3 rings (SSSR count). The second-order valence-electron chi connectivity index (χ2n) is 5.38. The monoisotopic (exact) mass is 245 g/mol. The Morgan fingerprint density at radius 3 is 2.94 bits per heavy atom. The van der Waals surface area contributed by atoms with Crippen LogP contribution in [0.4, 0.5) is 5.95 Å². The van der Waals surface area contributed by atoms with E-state index in [0.29, 0.717) is 0 Å². The predicted octanol–water partition coefficient (Wildman–Crippen LogP) is 1.59. The van der Waals surface area contributed by atoms with Crippen molar-refractivity contribution in [2.75, 3.05) is 18.4 Å². The molecule has 1 saturated heterocycles. The number of nitrogens with one attached hydrogen (secondary N) is 2. The highest BCUT2D eigenvalue weighted by Gasteiger charge is 2.27. The summed E-state index contributed by atoms with van der Waals surface area (Å²) in [6, 6.07) is 4.08. The van der Waals surface area contributed by atoms with E-state index in [9.17, 15) is 0 Å². The maximum Gasteiger partial charge on any atom is 0.243 e. The van der Waals surface area contributed by atoms with Crippen molar-refractivity contribution in [3.63, 3.8) is 0 Å². The molecule has 0 unspecified atom stereocenters. The van der Waals surface area contributed by atoms with Crippen LogP contribution in [0.25, 0.3) is 5.65 Å². The van der Waals surface area contributed by atoms with Crippen molar-refractivity contribution >= 4 is 11.6 Å². The van der Waals surface area contributed by atoms with Crippen LogP contribution in [0.3, 0.4) is 0 Å². The summed E-state index contributed by atoms with van der Waals surface area (Å²) in [6.45, 7) is 6.41. The standard InChI is InChI=1S/C13H19N5/c1-10-3-8-18-11(9-10)15-12(17-18)16-13(2)4-6-14-7-5-13/h3,8-9,14H,4-7H2,1-2H3,(H,16,17). The Morgan fingerprint density at radius 1 is 1.39 bits per heavy atom. The summed E-state index contributed by atoms with van der Waals surface area (Å²) in [7, 11) is 0. The Kier molecular flexibility index (Phi) is 2.70. The van der Waals surface area contributed by atoms with E-state index in [-0.39, 0.29) is 5.54 Å². The molecule has 5 nitrogen and oxygen atoms in total. The zero-order valence-corrected chi connectivity index (χ0v) is 10.9. The third-order valence-electron chi connectivity index (χ3n) is 3.61. The summed E-state index contributed by atoms with van der Waals surface area (Å²) in [5, 5.41) is 11.3. The van der Waals surface area contributed by atoms with Gasteiger partial charge in [-0.2, -0.15) is 4.98 Å². The minimum atomic E-state index is 0.102. The second-order valence-corrected chi connectivity index (χ2v) is 5.38. The maximum atomic E-state index is 4.53. The van der Waals surface area contributed by atoms with Crippen LogP contribution >= 0.6 is 0 Å². The number of fused-ring (bicyclic) bond motifs is 1. The fourth-order valence-corrected chi connectivity index (χ4v) is 2.41. The van der Waals surface area contributed by atoms with E-state index in [1.807, 2.05) is 22.8 Å². The lowest BCUT2D eigenvalue weighted by atomic mass is 9.91. The molecule has 0 bridgehead atoms. The second kappa shape index (κ2) is 4.24. The number of hydrogen-bond acceptors (Lipinski definition) is 4. The quantitative estimate of drug-likeness (QED) is 0.843. The van der Waals surface area contributed by atoms with Gasteiger partial charge in [0, 0.05) is 11.7 Å². The molecule has 5 heteroatoms. The van der Waals surface area contributed by atoms with E-state index in [2.05, 4.69) is 34.6 Å². The average molecular weight is 245 g/mol. The molecule has 2 aromatic heterocycles. The number of pyridine rings is 1. The zero-order chi connectivity index (χ0) is 12.6. The largest absolute Gasteiger partial charge is 0.348 e. The first-order valence-electron chi connectivity index (χ1n) is 6.47. The smallest absolute Gasteiger partial charge is 0.243 e. The maximum absolute atomic E-state index is 4.53. The van der Waals surface area contributed by atoms with Gasteiger partial charge in [-0.1, -0.05) is 0 Å². The van der Waals surface area contributed by atoms with Gasteiger partial charge in [0.2, 0.25) is 5.95 Å². The molecule has 1 fully saturated rings. The normalized spacial score (nSPS) is 19.0. The lowest BCUT2D eigenvalue weighted by Gasteiger charge is -2.34. The van der Waals surface area contributed by atoms with Gasteiger partial charge in [-0.3, -0.25) is 0 Å². The van der Waals surface area contributed by atoms with Crippen molar-refractivity contribution in [3.05, 3.63) is 23.9 Å². The Balaban J connectivity index is 1.86. The summed E-state index contributed by atoms with van der Waals surface area (Å²) in [5.74, 6) is 0.727. The number of hydrogen-bond donors (Lipinski definition) is 2. The fraction of sp³-hybridized carbons (Fsp3) is 0.538. The Bertz CT molecular complexity index is 554. The van der Waals surface area contributed by atoms with Gasteiger partial charge < -0.3 is 10.6 Å². The van der Waals surface area contributed by atoms with E-state index < -0.39 is 0 Å². The van der Waals surface area contributed by atoms with Crippen LogP contribution < -0.4 is 10.6 Å². The van der Waals surface area contributed by atoms with Gasteiger partial charge in [0.25, 0.3) is 0 Å². The van der Waals surface area contributed by atoms with Crippen LogP contribution in [0.2, 0.25) is 0 Å². The molecule has 1 aliphatic heterocycles. The van der Waals surface area contributed by atoms with Gasteiger partial charge >= 0.3 is 0 Å². The summed E-state index contributed by atoms with van der Waals surface area (Å²) >= 11 is 0. The minimum absolute atomic E-state index is 0.102. The van der Waals surface area contributed by atoms with Crippen LogP contribution in [0.15, 0.2) is 18.3 Å². The summed E-state index contributed by atoms with van der Waals surface area (Å²) < 4.78 is 1.82. The summed E-state index contributed by atoms with van der Waals surface area (Å²) in [5.41, 5.74) is 2.20. The summed E-state index contributed by atoms with van der Waals surface area (Å²) in [6.07, 6.45) is 4.15. The number of anilines is 1. The van der Waals surface area contributed by atoms with Gasteiger partial charge in [-0.15, -0.1) is 5.10 Å². The lowest BCUT2D eigenvalue weighted by molar-refractivity contribution is 0.363. The van der Waals surface area contributed by atoms with Crippen LogP contribution in [-0.4, -0.2) is 33.2 Å². The average Bonchev–Trinajstić information content (AvgIpc) is 2.70. The Morgan fingerprint density at radius 2 is 2.17 bits per heavy atom. The van der Waals surface area contributed by atoms with E-state index in [4.69, 9.17) is 0 Å². The number of aromatic nitrogens is 3. The van der Waals surface area contributed by atoms with Crippen LogP contribution in [0, 0.1) is 6.92 Å². The van der Waals surface area contributed by atoms with Crippen molar-refractivity contribution in [2.24, 2.45) is 0 Å². The Hall–Kier alpha value is -1.62. The highest BCUT2D eigenvalue weighted by atomic mass is 15.4. The van der Waals surface area contributed by atoms with E-state index in [0.717, 1.165) is 37.5 Å². The molecule has 0 spiro atoms. The van der Waals surface area contributed by atoms with Crippen molar-refractivity contribution in [1.29, 1.82) is 0 Å². The SMILES string of the molecule is Cc1ccn2nc(NC3(C)CCNCC3)nc2c1. The molecule has 1 aliphatic rings. The molecule has 0 saturated carbocycles. The van der Waals surface area contributed by atoms with Gasteiger partial charge in [0.05, 0.1) is 0 Å². The van der Waals surface area contributed by atoms with Crippen LogP contribution in [0.5, 0.6) is 0 Å². The molecule has 0 aromatic carbocycles. The van der Waals surface area contributed by atoms with Crippen LogP contribution in [0.1, 0.15) is 25.3 Å². The summed E-state index contributed by atoms with van der Waals surface area (Å²) in [4.78, 5) is 4.53. The first kappa shape index (κ1) is 11.5. The highest BCUT2D eigenvalue weighted by Crippen LogP contribution is 2.22. The van der Waals surface area contributed by atoms with Gasteiger partial charge in [0.15, 0.2) is 5.65 Å². The number of rotatable bonds is 2. The van der Waals surface area contributed by atoms with E-state index in [1.54, 1.807) is 0 Å². The number of aryl methyl sites for hydroxylation is 1. The molecular formula is C13H19N5. The van der Waals surface area contributed by atoms with Crippen molar-refractivity contribution in [2.45, 2.75) is 32.2 Å².